The minimum atomic E-state index is -1.21. The quantitative estimate of drug-likeness (QED) is 0.690. The van der Waals surface area contributed by atoms with E-state index in [1.165, 1.54) is 19.2 Å². The van der Waals surface area contributed by atoms with Gasteiger partial charge >= 0.3 is 5.97 Å². The molecule has 5 nitrogen and oxygen atoms in total. The zero-order valence-electron chi connectivity index (χ0n) is 8.17. The molecule has 5 heteroatoms. The second kappa shape index (κ2) is 4.65. The van der Waals surface area contributed by atoms with Crippen molar-refractivity contribution in [2.45, 2.75) is 12.5 Å². The first-order valence-corrected chi connectivity index (χ1v) is 4.31. The molecule has 82 valence electrons. The van der Waals surface area contributed by atoms with Crippen LogP contribution in [0.15, 0.2) is 18.2 Å². The van der Waals surface area contributed by atoms with Gasteiger partial charge in [-0.05, 0) is 12.1 Å². The average Bonchev–Trinajstić information content (AvgIpc) is 2.16. The molecule has 0 spiro atoms. The lowest BCUT2D eigenvalue weighted by Gasteiger charge is -2.11. The number of phenolic OH excluding ortho intramolecular Hbond substituents is 1. The summed E-state index contributed by atoms with van der Waals surface area (Å²) >= 11 is 0. The fraction of sp³-hybridized carbons (Fsp3) is 0.300. The molecule has 0 amide bonds. The number of aliphatic carboxylic acids is 1. The van der Waals surface area contributed by atoms with E-state index in [0.29, 0.717) is 5.75 Å². The van der Waals surface area contributed by atoms with E-state index in [-0.39, 0.29) is 11.3 Å². The van der Waals surface area contributed by atoms with Crippen molar-refractivity contribution < 1.29 is 24.9 Å². The summed E-state index contributed by atoms with van der Waals surface area (Å²) in [7, 11) is 1.45. The van der Waals surface area contributed by atoms with Crippen molar-refractivity contribution in [3.05, 3.63) is 23.8 Å². The summed E-state index contributed by atoms with van der Waals surface area (Å²) in [5, 5.41) is 27.4. The molecular weight excluding hydrogens is 200 g/mol. The van der Waals surface area contributed by atoms with Crippen molar-refractivity contribution in [3.63, 3.8) is 0 Å². The standard InChI is InChI=1S/C10H12O5/c1-15-6-2-3-7(8(11)4-6)9(12)5-10(13)14/h2-4,9,11-12H,5H2,1H3,(H,13,14)/t9-/m1/s1. The molecule has 0 aliphatic heterocycles. The molecule has 1 atom stereocenters. The summed E-state index contributed by atoms with van der Waals surface area (Å²) in [6, 6.07) is 4.29. The van der Waals surface area contributed by atoms with Crippen LogP contribution in [0.2, 0.25) is 0 Å². The number of aliphatic hydroxyl groups excluding tert-OH is 1. The van der Waals surface area contributed by atoms with E-state index in [1.807, 2.05) is 0 Å². The largest absolute Gasteiger partial charge is 0.507 e. The number of rotatable bonds is 4. The van der Waals surface area contributed by atoms with Gasteiger partial charge in [-0.3, -0.25) is 4.79 Å². The lowest BCUT2D eigenvalue weighted by atomic mass is 10.1. The predicted octanol–water partition coefficient (Wildman–Crippen LogP) is 0.909. The average molecular weight is 212 g/mol. The number of benzene rings is 1. The Morgan fingerprint density at radius 1 is 1.53 bits per heavy atom. The maximum atomic E-state index is 10.4. The van der Waals surface area contributed by atoms with E-state index in [4.69, 9.17) is 9.84 Å². The maximum Gasteiger partial charge on any atom is 0.306 e. The number of phenols is 1. The van der Waals surface area contributed by atoms with Crippen LogP contribution in [0.1, 0.15) is 18.1 Å². The molecule has 3 N–H and O–H groups in total. The van der Waals surface area contributed by atoms with E-state index in [2.05, 4.69) is 0 Å². The van der Waals surface area contributed by atoms with Crippen molar-refractivity contribution in [2.75, 3.05) is 7.11 Å². The summed E-state index contributed by atoms with van der Waals surface area (Å²) in [6.07, 6.45) is -1.66. The Morgan fingerprint density at radius 3 is 2.67 bits per heavy atom. The summed E-state index contributed by atoms with van der Waals surface area (Å²) in [6.45, 7) is 0. The maximum absolute atomic E-state index is 10.4. The molecule has 0 heterocycles. The Morgan fingerprint density at radius 2 is 2.20 bits per heavy atom. The summed E-state index contributed by atoms with van der Waals surface area (Å²) in [5.41, 5.74) is 0.179. The second-order valence-electron chi connectivity index (χ2n) is 3.04. The number of methoxy groups -OCH3 is 1. The van der Waals surface area contributed by atoms with Gasteiger partial charge in [0, 0.05) is 11.6 Å². The SMILES string of the molecule is COc1ccc([C@H](O)CC(=O)O)c(O)c1. The van der Waals surface area contributed by atoms with Gasteiger partial charge in [-0.25, -0.2) is 0 Å². The molecule has 1 rings (SSSR count). The Labute approximate surface area is 86.5 Å². The highest BCUT2D eigenvalue weighted by molar-refractivity contribution is 5.68. The number of hydrogen-bond acceptors (Lipinski definition) is 4. The van der Waals surface area contributed by atoms with Crippen molar-refractivity contribution in [1.82, 2.24) is 0 Å². The monoisotopic (exact) mass is 212 g/mol. The van der Waals surface area contributed by atoms with Crippen LogP contribution in [-0.2, 0) is 4.79 Å². The molecular formula is C10H12O5. The van der Waals surface area contributed by atoms with Gasteiger partial charge in [-0.1, -0.05) is 0 Å². The fourth-order valence-corrected chi connectivity index (χ4v) is 1.21. The minimum absolute atomic E-state index is 0.178. The van der Waals surface area contributed by atoms with Crippen molar-refractivity contribution in [1.29, 1.82) is 0 Å². The number of aromatic hydroxyl groups is 1. The molecule has 0 saturated heterocycles. The summed E-state index contributed by atoms with van der Waals surface area (Å²) in [4.78, 5) is 10.4. The minimum Gasteiger partial charge on any atom is -0.507 e. The van der Waals surface area contributed by atoms with Crippen LogP contribution in [0.5, 0.6) is 11.5 Å². The van der Waals surface area contributed by atoms with Gasteiger partial charge < -0.3 is 20.1 Å². The first kappa shape index (κ1) is 11.3. The van der Waals surface area contributed by atoms with E-state index >= 15 is 0 Å². The van der Waals surface area contributed by atoms with Crippen molar-refractivity contribution in [3.8, 4) is 11.5 Å². The smallest absolute Gasteiger partial charge is 0.306 e. The molecule has 0 aromatic heterocycles. The lowest BCUT2D eigenvalue weighted by Crippen LogP contribution is -2.05. The summed E-state index contributed by atoms with van der Waals surface area (Å²) < 4.78 is 4.85. The first-order chi connectivity index (χ1) is 7.04. The summed E-state index contributed by atoms with van der Waals surface area (Å²) in [5.74, 6) is -0.861. The lowest BCUT2D eigenvalue weighted by molar-refractivity contribution is -0.139. The molecule has 0 saturated carbocycles. The number of aliphatic hydroxyl groups is 1. The highest BCUT2D eigenvalue weighted by atomic mass is 16.5. The van der Waals surface area contributed by atoms with Crippen LogP contribution in [0.4, 0.5) is 0 Å². The van der Waals surface area contributed by atoms with Gasteiger partial charge in [0.25, 0.3) is 0 Å². The van der Waals surface area contributed by atoms with Crippen molar-refractivity contribution >= 4 is 5.97 Å². The van der Waals surface area contributed by atoms with Gasteiger partial charge in [-0.2, -0.15) is 0 Å². The molecule has 1 aromatic rings. The third-order valence-electron chi connectivity index (χ3n) is 1.96. The Bertz CT molecular complexity index is 361. The predicted molar refractivity (Wildman–Crippen MR) is 51.9 cm³/mol. The molecule has 0 bridgehead atoms. The van der Waals surface area contributed by atoms with Gasteiger partial charge in [0.15, 0.2) is 0 Å². The molecule has 0 unspecified atom stereocenters. The first-order valence-electron chi connectivity index (χ1n) is 4.31. The van der Waals surface area contributed by atoms with Crippen LogP contribution in [0.3, 0.4) is 0 Å². The highest BCUT2D eigenvalue weighted by Crippen LogP contribution is 2.29. The van der Waals surface area contributed by atoms with Crippen LogP contribution in [0.25, 0.3) is 0 Å². The normalized spacial score (nSPS) is 12.1. The molecule has 15 heavy (non-hydrogen) atoms. The van der Waals surface area contributed by atoms with E-state index in [9.17, 15) is 15.0 Å². The Kier molecular flexibility index (Phi) is 3.51. The third kappa shape index (κ3) is 2.85. The molecule has 1 aromatic carbocycles. The fourth-order valence-electron chi connectivity index (χ4n) is 1.21. The molecule has 0 aliphatic carbocycles. The van der Waals surface area contributed by atoms with Crippen LogP contribution >= 0.6 is 0 Å². The van der Waals surface area contributed by atoms with Crippen LogP contribution in [-0.4, -0.2) is 28.4 Å². The van der Waals surface area contributed by atoms with Crippen LogP contribution < -0.4 is 4.74 Å². The Hall–Kier alpha value is -1.75. The number of carboxylic acid groups (broad SMARTS) is 1. The van der Waals surface area contributed by atoms with Gasteiger partial charge in [-0.15, -0.1) is 0 Å². The Balaban J connectivity index is 2.90. The van der Waals surface area contributed by atoms with Crippen LogP contribution in [0, 0.1) is 0 Å². The highest BCUT2D eigenvalue weighted by Gasteiger charge is 2.16. The van der Waals surface area contributed by atoms with Gasteiger partial charge in [0.1, 0.15) is 11.5 Å². The molecule has 0 fully saturated rings. The van der Waals surface area contributed by atoms with Gasteiger partial charge in [0.05, 0.1) is 19.6 Å². The molecule has 0 aliphatic rings. The number of carboxylic acids is 1. The molecule has 0 radical (unpaired) electrons. The zero-order valence-corrected chi connectivity index (χ0v) is 8.17. The van der Waals surface area contributed by atoms with Crippen molar-refractivity contribution in [2.24, 2.45) is 0 Å². The zero-order chi connectivity index (χ0) is 11.4. The number of hydrogen-bond donors (Lipinski definition) is 3. The topological polar surface area (TPSA) is 87.0 Å². The van der Waals surface area contributed by atoms with E-state index in [1.54, 1.807) is 6.07 Å². The second-order valence-corrected chi connectivity index (χ2v) is 3.04. The number of ether oxygens (including phenoxy) is 1. The third-order valence-corrected chi connectivity index (χ3v) is 1.96. The van der Waals surface area contributed by atoms with Gasteiger partial charge in [0.2, 0.25) is 0 Å². The number of carbonyl (C=O) groups is 1. The van der Waals surface area contributed by atoms with E-state index in [0.717, 1.165) is 0 Å². The van der Waals surface area contributed by atoms with E-state index < -0.39 is 18.5 Å².